The second-order valence-electron chi connectivity index (χ2n) is 4.51. The molecule has 0 spiro atoms. The molecule has 2 amide bonds. The van der Waals surface area contributed by atoms with Gasteiger partial charge in [0, 0.05) is 31.1 Å². The van der Waals surface area contributed by atoms with E-state index in [9.17, 15) is 9.59 Å². The van der Waals surface area contributed by atoms with Crippen molar-refractivity contribution >= 4 is 23.6 Å². The molecule has 1 aliphatic rings. The zero-order valence-electron chi connectivity index (χ0n) is 10.4. The Morgan fingerprint density at radius 1 is 1.41 bits per heavy atom. The van der Waals surface area contributed by atoms with Gasteiger partial charge < -0.3 is 10.6 Å². The average Bonchev–Trinajstić information content (AvgIpc) is 2.79. The highest BCUT2D eigenvalue weighted by atomic mass is 32.2. The normalized spacial score (nSPS) is 19.4. The summed E-state index contributed by atoms with van der Waals surface area (Å²) in [5.74, 6) is 2.07. The van der Waals surface area contributed by atoms with Gasteiger partial charge in [0.15, 0.2) is 0 Å². The van der Waals surface area contributed by atoms with Crippen molar-refractivity contribution in [1.29, 1.82) is 0 Å². The Bertz CT molecular complexity index is 265. The van der Waals surface area contributed by atoms with Crippen molar-refractivity contribution < 1.29 is 9.59 Å². The van der Waals surface area contributed by atoms with E-state index in [0.29, 0.717) is 25.4 Å². The molecule has 0 saturated carbocycles. The summed E-state index contributed by atoms with van der Waals surface area (Å²) in [5.41, 5.74) is 0. The summed E-state index contributed by atoms with van der Waals surface area (Å²) in [4.78, 5) is 22.9. The summed E-state index contributed by atoms with van der Waals surface area (Å²) < 4.78 is 0. The van der Waals surface area contributed by atoms with E-state index in [-0.39, 0.29) is 17.9 Å². The van der Waals surface area contributed by atoms with E-state index in [4.69, 9.17) is 0 Å². The minimum absolute atomic E-state index is 0.00671. The zero-order valence-corrected chi connectivity index (χ0v) is 11.2. The molecule has 1 unspecified atom stereocenters. The number of nitrogens with one attached hydrogen (secondary N) is 3. The molecule has 0 bridgehead atoms. The minimum Gasteiger partial charge on any atom is -0.356 e. The third kappa shape index (κ3) is 5.93. The lowest BCUT2D eigenvalue weighted by atomic mass is 10.2. The second kappa shape index (κ2) is 7.55. The van der Waals surface area contributed by atoms with E-state index in [1.807, 2.05) is 13.8 Å². The molecule has 1 atom stereocenters. The van der Waals surface area contributed by atoms with Gasteiger partial charge in [0.2, 0.25) is 11.8 Å². The van der Waals surface area contributed by atoms with Crippen molar-refractivity contribution in [2.45, 2.75) is 26.3 Å². The lowest BCUT2D eigenvalue weighted by Gasteiger charge is -2.11. The maximum absolute atomic E-state index is 11.6. The monoisotopic (exact) mass is 259 g/mol. The molecule has 1 heterocycles. The standard InChI is InChI=1S/C11H21N3O2S/c1-8(2)5-13-10(15)3-4-12-11(16)9-6-17-7-14-9/h8-9,14H,3-7H2,1-2H3,(H,12,16)(H,13,15). The first-order valence-corrected chi connectivity index (χ1v) is 7.10. The first-order valence-electron chi connectivity index (χ1n) is 5.95. The summed E-state index contributed by atoms with van der Waals surface area (Å²) in [6.07, 6.45) is 0.346. The fraction of sp³-hybridized carbons (Fsp3) is 0.818. The van der Waals surface area contributed by atoms with E-state index in [0.717, 1.165) is 11.6 Å². The summed E-state index contributed by atoms with van der Waals surface area (Å²) in [7, 11) is 0. The van der Waals surface area contributed by atoms with Gasteiger partial charge in [-0.25, -0.2) is 0 Å². The Hall–Kier alpha value is -0.750. The minimum atomic E-state index is -0.0984. The van der Waals surface area contributed by atoms with Crippen molar-refractivity contribution in [3.8, 4) is 0 Å². The summed E-state index contributed by atoms with van der Waals surface area (Å²) in [6, 6.07) is -0.0984. The van der Waals surface area contributed by atoms with Crippen LogP contribution >= 0.6 is 11.8 Å². The van der Waals surface area contributed by atoms with Crippen LogP contribution in [0.4, 0.5) is 0 Å². The molecule has 0 aliphatic carbocycles. The number of hydrogen-bond acceptors (Lipinski definition) is 4. The number of thioether (sulfide) groups is 1. The number of rotatable bonds is 6. The quantitative estimate of drug-likeness (QED) is 0.624. The van der Waals surface area contributed by atoms with E-state index in [2.05, 4.69) is 16.0 Å². The molecule has 0 aromatic heterocycles. The molecule has 0 radical (unpaired) electrons. The molecular formula is C11H21N3O2S. The molecule has 3 N–H and O–H groups in total. The van der Waals surface area contributed by atoms with Gasteiger partial charge in [-0.05, 0) is 5.92 Å². The molecule has 6 heteroatoms. The first kappa shape index (κ1) is 14.3. The molecule has 1 aliphatic heterocycles. The Morgan fingerprint density at radius 2 is 2.18 bits per heavy atom. The Kier molecular flexibility index (Phi) is 6.36. The van der Waals surface area contributed by atoms with Gasteiger partial charge in [-0.15, -0.1) is 11.8 Å². The van der Waals surface area contributed by atoms with Crippen LogP contribution < -0.4 is 16.0 Å². The predicted molar refractivity (Wildman–Crippen MR) is 69.7 cm³/mol. The van der Waals surface area contributed by atoms with Crippen LogP contribution in [0.3, 0.4) is 0 Å². The largest absolute Gasteiger partial charge is 0.356 e. The van der Waals surface area contributed by atoms with E-state index >= 15 is 0 Å². The Morgan fingerprint density at radius 3 is 2.76 bits per heavy atom. The SMILES string of the molecule is CC(C)CNC(=O)CCNC(=O)C1CSCN1. The predicted octanol–water partition coefficient (Wildman–Crippen LogP) is -0.0726. The van der Waals surface area contributed by atoms with Crippen LogP contribution in [-0.4, -0.2) is 42.6 Å². The van der Waals surface area contributed by atoms with Crippen molar-refractivity contribution in [3.63, 3.8) is 0 Å². The molecule has 1 rings (SSSR count). The highest BCUT2D eigenvalue weighted by Gasteiger charge is 2.21. The Balaban J connectivity index is 2.06. The van der Waals surface area contributed by atoms with E-state index in [1.54, 1.807) is 11.8 Å². The van der Waals surface area contributed by atoms with Gasteiger partial charge in [0.25, 0.3) is 0 Å². The number of carbonyl (C=O) groups is 2. The van der Waals surface area contributed by atoms with Crippen molar-refractivity contribution in [1.82, 2.24) is 16.0 Å². The van der Waals surface area contributed by atoms with Crippen LogP contribution in [0.15, 0.2) is 0 Å². The van der Waals surface area contributed by atoms with Crippen LogP contribution in [-0.2, 0) is 9.59 Å². The lowest BCUT2D eigenvalue weighted by Crippen LogP contribution is -2.43. The van der Waals surface area contributed by atoms with Gasteiger partial charge in [0.1, 0.15) is 0 Å². The third-order valence-electron chi connectivity index (χ3n) is 2.39. The van der Waals surface area contributed by atoms with E-state index in [1.165, 1.54) is 0 Å². The van der Waals surface area contributed by atoms with Gasteiger partial charge in [-0.2, -0.15) is 0 Å². The molecule has 0 aromatic carbocycles. The lowest BCUT2D eigenvalue weighted by molar-refractivity contribution is -0.123. The molecule has 98 valence electrons. The van der Waals surface area contributed by atoms with Gasteiger partial charge in [0.05, 0.1) is 6.04 Å². The van der Waals surface area contributed by atoms with Crippen LogP contribution in [0.5, 0.6) is 0 Å². The maximum Gasteiger partial charge on any atom is 0.238 e. The maximum atomic E-state index is 11.6. The molecule has 1 saturated heterocycles. The van der Waals surface area contributed by atoms with Crippen molar-refractivity contribution in [3.05, 3.63) is 0 Å². The fourth-order valence-electron chi connectivity index (χ4n) is 1.39. The number of hydrogen-bond donors (Lipinski definition) is 3. The molecule has 5 nitrogen and oxygen atoms in total. The molecule has 1 fully saturated rings. The topological polar surface area (TPSA) is 70.2 Å². The zero-order chi connectivity index (χ0) is 12.7. The first-order chi connectivity index (χ1) is 8.09. The smallest absolute Gasteiger partial charge is 0.238 e. The van der Waals surface area contributed by atoms with Crippen LogP contribution in [0, 0.1) is 5.92 Å². The van der Waals surface area contributed by atoms with Gasteiger partial charge >= 0.3 is 0 Å². The molecular weight excluding hydrogens is 238 g/mol. The highest BCUT2D eigenvalue weighted by Crippen LogP contribution is 2.08. The second-order valence-corrected chi connectivity index (χ2v) is 5.54. The third-order valence-corrected chi connectivity index (χ3v) is 3.33. The van der Waals surface area contributed by atoms with Gasteiger partial charge in [-0.3, -0.25) is 14.9 Å². The van der Waals surface area contributed by atoms with Crippen molar-refractivity contribution in [2.75, 3.05) is 24.7 Å². The van der Waals surface area contributed by atoms with Gasteiger partial charge in [-0.1, -0.05) is 13.8 Å². The van der Waals surface area contributed by atoms with Crippen LogP contribution in [0.25, 0.3) is 0 Å². The number of amides is 2. The number of carbonyl (C=O) groups excluding carboxylic acids is 2. The summed E-state index contributed by atoms with van der Waals surface area (Å²) in [6.45, 7) is 5.19. The van der Waals surface area contributed by atoms with Crippen molar-refractivity contribution in [2.24, 2.45) is 5.92 Å². The molecule has 17 heavy (non-hydrogen) atoms. The Labute approximate surface area is 106 Å². The highest BCUT2D eigenvalue weighted by molar-refractivity contribution is 7.99. The van der Waals surface area contributed by atoms with E-state index < -0.39 is 0 Å². The summed E-state index contributed by atoms with van der Waals surface area (Å²) >= 11 is 1.71. The van der Waals surface area contributed by atoms with Crippen LogP contribution in [0.2, 0.25) is 0 Å². The summed E-state index contributed by atoms with van der Waals surface area (Å²) in [5, 5.41) is 8.67. The fourth-order valence-corrected chi connectivity index (χ4v) is 2.33. The molecule has 0 aromatic rings. The van der Waals surface area contributed by atoms with Crippen LogP contribution in [0.1, 0.15) is 20.3 Å². The average molecular weight is 259 g/mol.